The van der Waals surface area contributed by atoms with Gasteiger partial charge in [-0.15, -0.1) is 0 Å². The second-order valence-corrected chi connectivity index (χ2v) is 9.28. The topological polar surface area (TPSA) is 100 Å². The number of hydrogen-bond acceptors (Lipinski definition) is 6. The van der Waals surface area contributed by atoms with E-state index in [0.29, 0.717) is 37.4 Å². The summed E-state index contributed by atoms with van der Waals surface area (Å²) in [6.07, 6.45) is 5.35. The van der Waals surface area contributed by atoms with E-state index in [4.69, 9.17) is 0 Å². The van der Waals surface area contributed by atoms with Crippen LogP contribution >= 0.6 is 0 Å². The Morgan fingerprint density at radius 1 is 1.00 bits per heavy atom. The van der Waals surface area contributed by atoms with Crippen LogP contribution in [0.15, 0.2) is 60.0 Å². The van der Waals surface area contributed by atoms with Gasteiger partial charge < -0.3 is 14.8 Å². The average Bonchev–Trinajstić information content (AvgIpc) is 3.28. The van der Waals surface area contributed by atoms with Crippen molar-refractivity contribution in [2.75, 3.05) is 36.4 Å². The number of carbonyl (C=O) groups is 1. The van der Waals surface area contributed by atoms with E-state index < -0.39 is 10.0 Å². The molecule has 2 aromatic heterocycles. The summed E-state index contributed by atoms with van der Waals surface area (Å²) in [4.78, 5) is 22.2. The Balaban J connectivity index is 1.47. The summed E-state index contributed by atoms with van der Waals surface area (Å²) in [5.74, 6) is 1.34. The van der Waals surface area contributed by atoms with E-state index in [1.165, 1.54) is 17.6 Å². The molecule has 0 saturated carbocycles. The number of benzene rings is 1. The number of hydrogen-bond donors (Lipinski definition) is 1. The zero-order valence-corrected chi connectivity index (χ0v) is 18.2. The fourth-order valence-corrected chi connectivity index (χ4v) is 5.28. The molecule has 3 aromatic rings. The van der Waals surface area contributed by atoms with Crippen LogP contribution in [-0.2, 0) is 14.8 Å². The molecule has 10 heteroatoms. The van der Waals surface area contributed by atoms with E-state index in [9.17, 15) is 13.2 Å². The summed E-state index contributed by atoms with van der Waals surface area (Å²) in [5, 5.41) is 2.67. The van der Waals surface area contributed by atoms with Crippen LogP contribution in [0.25, 0.3) is 5.82 Å². The number of aromatic nitrogens is 3. The number of nitrogens with zero attached hydrogens (tertiary/aromatic N) is 5. The summed E-state index contributed by atoms with van der Waals surface area (Å²) in [6.45, 7) is 4.93. The Labute approximate surface area is 181 Å². The van der Waals surface area contributed by atoms with E-state index in [1.54, 1.807) is 25.1 Å². The van der Waals surface area contributed by atoms with Crippen molar-refractivity contribution < 1.29 is 13.2 Å². The SMILES string of the molecule is CC(=O)Nc1ccc(S(=O)(=O)N2CCN(c3cc(-n4cccc4)ncn3)CC2)c(C)c1. The predicted molar refractivity (Wildman–Crippen MR) is 118 cm³/mol. The molecule has 31 heavy (non-hydrogen) atoms. The Hall–Kier alpha value is -3.24. The molecule has 1 saturated heterocycles. The predicted octanol–water partition coefficient (Wildman–Crippen LogP) is 2.05. The largest absolute Gasteiger partial charge is 0.354 e. The van der Waals surface area contributed by atoms with Crippen molar-refractivity contribution in [2.24, 2.45) is 0 Å². The first-order valence-electron chi connectivity index (χ1n) is 9.93. The van der Waals surface area contributed by atoms with Gasteiger partial charge in [0.25, 0.3) is 0 Å². The molecule has 0 unspecified atom stereocenters. The number of nitrogens with one attached hydrogen (secondary N) is 1. The van der Waals surface area contributed by atoms with Gasteiger partial charge in [-0.3, -0.25) is 4.79 Å². The van der Waals surface area contributed by atoms with Gasteiger partial charge in [-0.1, -0.05) is 0 Å². The van der Waals surface area contributed by atoms with Gasteiger partial charge >= 0.3 is 0 Å². The van der Waals surface area contributed by atoms with Crippen molar-refractivity contribution >= 4 is 27.4 Å². The van der Waals surface area contributed by atoms with Crippen LogP contribution in [0.4, 0.5) is 11.5 Å². The van der Waals surface area contributed by atoms with Gasteiger partial charge in [-0.2, -0.15) is 4.31 Å². The second kappa shape index (κ2) is 8.48. The zero-order valence-electron chi connectivity index (χ0n) is 17.4. The lowest BCUT2D eigenvalue weighted by Crippen LogP contribution is -2.49. The smallest absolute Gasteiger partial charge is 0.243 e. The summed E-state index contributed by atoms with van der Waals surface area (Å²) in [6, 6.07) is 10.6. The lowest BCUT2D eigenvalue weighted by atomic mass is 10.2. The van der Waals surface area contributed by atoms with E-state index in [0.717, 1.165) is 11.6 Å². The Bertz CT molecular complexity index is 1190. The monoisotopic (exact) mass is 440 g/mol. The van der Waals surface area contributed by atoms with Gasteiger partial charge in [0.15, 0.2) is 0 Å². The molecule has 0 radical (unpaired) electrons. The number of aryl methyl sites for hydroxylation is 1. The third-order valence-electron chi connectivity index (χ3n) is 5.18. The molecule has 1 fully saturated rings. The number of rotatable bonds is 5. The summed E-state index contributed by atoms with van der Waals surface area (Å²) in [7, 11) is -3.63. The van der Waals surface area contributed by atoms with Crippen molar-refractivity contribution in [3.63, 3.8) is 0 Å². The molecule has 0 spiro atoms. The van der Waals surface area contributed by atoms with Crippen molar-refractivity contribution in [3.8, 4) is 5.82 Å². The molecule has 162 valence electrons. The maximum absolute atomic E-state index is 13.2. The van der Waals surface area contributed by atoms with Crippen LogP contribution < -0.4 is 10.2 Å². The van der Waals surface area contributed by atoms with E-state index in [-0.39, 0.29) is 10.8 Å². The Kier molecular flexibility index (Phi) is 5.75. The standard InChI is InChI=1S/C21H24N6O3S/c1-16-13-18(24-17(2)28)5-6-19(16)31(29,30)27-11-9-26(10-12-27)21-14-20(22-15-23-21)25-7-3-4-8-25/h3-8,13-15H,9-12H2,1-2H3,(H,24,28). The molecule has 1 amide bonds. The van der Waals surface area contributed by atoms with Gasteiger partial charge in [-0.05, 0) is 42.8 Å². The highest BCUT2D eigenvalue weighted by molar-refractivity contribution is 7.89. The molecule has 0 bridgehead atoms. The highest BCUT2D eigenvalue weighted by Crippen LogP contribution is 2.25. The van der Waals surface area contributed by atoms with Gasteiger partial charge in [-0.25, -0.2) is 18.4 Å². The van der Waals surface area contributed by atoms with Crippen molar-refractivity contribution in [1.29, 1.82) is 0 Å². The minimum absolute atomic E-state index is 0.198. The van der Waals surface area contributed by atoms with Crippen LogP contribution in [0.5, 0.6) is 0 Å². The van der Waals surface area contributed by atoms with Gasteiger partial charge in [0.2, 0.25) is 15.9 Å². The van der Waals surface area contributed by atoms with Crippen molar-refractivity contribution in [3.05, 3.63) is 60.7 Å². The lowest BCUT2D eigenvalue weighted by Gasteiger charge is -2.35. The number of amides is 1. The first-order chi connectivity index (χ1) is 14.8. The van der Waals surface area contributed by atoms with Crippen LogP contribution in [0.3, 0.4) is 0 Å². The lowest BCUT2D eigenvalue weighted by molar-refractivity contribution is -0.114. The summed E-state index contributed by atoms with van der Waals surface area (Å²) >= 11 is 0. The molecule has 1 N–H and O–H groups in total. The van der Waals surface area contributed by atoms with Gasteiger partial charge in [0.05, 0.1) is 4.90 Å². The maximum Gasteiger partial charge on any atom is 0.243 e. The third kappa shape index (κ3) is 4.44. The first-order valence-corrected chi connectivity index (χ1v) is 11.4. The van der Waals surface area contributed by atoms with Gasteiger partial charge in [0.1, 0.15) is 18.0 Å². The van der Waals surface area contributed by atoms with Crippen LogP contribution in [0.2, 0.25) is 0 Å². The molecule has 1 aliphatic heterocycles. The van der Waals surface area contributed by atoms with Crippen LogP contribution in [0, 0.1) is 6.92 Å². The zero-order chi connectivity index (χ0) is 22.0. The van der Waals surface area contributed by atoms with E-state index in [1.807, 2.05) is 35.2 Å². The summed E-state index contributed by atoms with van der Waals surface area (Å²) < 4.78 is 29.8. The Morgan fingerprint density at radius 2 is 1.68 bits per heavy atom. The minimum Gasteiger partial charge on any atom is -0.354 e. The second-order valence-electron chi connectivity index (χ2n) is 7.38. The highest BCUT2D eigenvalue weighted by atomic mass is 32.2. The van der Waals surface area contributed by atoms with Crippen LogP contribution in [-0.4, -0.2) is 59.3 Å². The molecule has 1 aromatic carbocycles. The third-order valence-corrected chi connectivity index (χ3v) is 7.24. The number of carbonyl (C=O) groups excluding carboxylic acids is 1. The number of piperazine rings is 1. The molecule has 3 heterocycles. The first kappa shape index (κ1) is 21.0. The van der Waals surface area contributed by atoms with Crippen molar-refractivity contribution in [2.45, 2.75) is 18.7 Å². The average molecular weight is 441 g/mol. The summed E-state index contributed by atoms with van der Waals surface area (Å²) in [5.41, 5.74) is 1.18. The fraction of sp³-hybridized carbons (Fsp3) is 0.286. The number of sulfonamides is 1. The molecular weight excluding hydrogens is 416 g/mol. The van der Waals surface area contributed by atoms with Gasteiger partial charge in [0, 0.05) is 57.3 Å². The molecular formula is C21H24N6O3S. The molecule has 1 aliphatic rings. The molecule has 4 rings (SSSR count). The molecule has 9 nitrogen and oxygen atoms in total. The Morgan fingerprint density at radius 3 is 2.32 bits per heavy atom. The van der Waals surface area contributed by atoms with E-state index in [2.05, 4.69) is 20.2 Å². The maximum atomic E-state index is 13.2. The van der Waals surface area contributed by atoms with Crippen LogP contribution in [0.1, 0.15) is 12.5 Å². The number of anilines is 2. The van der Waals surface area contributed by atoms with Crippen molar-refractivity contribution in [1.82, 2.24) is 18.8 Å². The minimum atomic E-state index is -3.63. The molecule has 0 aliphatic carbocycles. The quantitative estimate of drug-likeness (QED) is 0.652. The highest BCUT2D eigenvalue weighted by Gasteiger charge is 2.30. The molecule has 0 atom stereocenters. The van der Waals surface area contributed by atoms with E-state index >= 15 is 0 Å². The fourth-order valence-electron chi connectivity index (χ4n) is 3.66. The normalized spacial score (nSPS) is 15.1.